The van der Waals surface area contributed by atoms with E-state index in [0.29, 0.717) is 0 Å². The first-order valence-electron chi connectivity index (χ1n) is 9.04. The van der Waals surface area contributed by atoms with Gasteiger partial charge in [-0.2, -0.15) is 0 Å². The Bertz CT molecular complexity index is 746. The molecule has 1 saturated heterocycles. The van der Waals surface area contributed by atoms with Gasteiger partial charge in [-0.1, -0.05) is 30.3 Å². The summed E-state index contributed by atoms with van der Waals surface area (Å²) in [4.78, 5) is 4.77. The van der Waals surface area contributed by atoms with E-state index < -0.39 is 0 Å². The molecule has 2 aliphatic heterocycles. The third kappa shape index (κ3) is 4.20. The molecule has 3 nitrogen and oxygen atoms in total. The van der Waals surface area contributed by atoms with Gasteiger partial charge in [-0.25, -0.2) is 4.39 Å². The normalized spacial score (nSPS) is 19.9. The molecule has 2 aromatic rings. The molecule has 1 fully saturated rings. The van der Waals surface area contributed by atoms with Gasteiger partial charge in [0.25, 0.3) is 0 Å². The van der Waals surface area contributed by atoms with Crippen LogP contribution in [-0.4, -0.2) is 42.1 Å². The van der Waals surface area contributed by atoms with E-state index in [9.17, 15) is 4.39 Å². The summed E-state index contributed by atoms with van der Waals surface area (Å²) in [6.45, 7) is 4.56. The summed E-state index contributed by atoms with van der Waals surface area (Å²) in [5.74, 6) is 0.840. The number of hydrogen-bond donors (Lipinski definition) is 0. The van der Waals surface area contributed by atoms with E-state index in [1.165, 1.54) is 11.6 Å². The number of likely N-dealkylation sites (tertiary alicyclic amines) is 1. The van der Waals surface area contributed by atoms with Crippen molar-refractivity contribution in [3.8, 4) is 5.75 Å². The van der Waals surface area contributed by atoms with E-state index in [4.69, 9.17) is 4.74 Å². The van der Waals surface area contributed by atoms with Crippen LogP contribution >= 0.6 is 12.4 Å². The van der Waals surface area contributed by atoms with Gasteiger partial charge in [0.05, 0.1) is 0 Å². The second-order valence-corrected chi connectivity index (χ2v) is 7.47. The molecule has 2 aromatic carbocycles. The fourth-order valence-corrected chi connectivity index (χ4v) is 4.00. The molecule has 140 valence electrons. The lowest BCUT2D eigenvalue weighted by molar-refractivity contribution is -0.0146. The molecular weight excluding hydrogens is 351 g/mol. The van der Waals surface area contributed by atoms with E-state index in [1.54, 1.807) is 12.1 Å². The fourth-order valence-electron chi connectivity index (χ4n) is 4.00. The minimum atomic E-state index is -0.169. The van der Waals surface area contributed by atoms with E-state index in [0.717, 1.165) is 56.9 Å². The highest BCUT2D eigenvalue weighted by atomic mass is 35.5. The fraction of sp³-hybridized carbons (Fsp3) is 0.429. The number of halogens is 2. The van der Waals surface area contributed by atoms with Crippen LogP contribution in [0.2, 0.25) is 0 Å². The molecule has 0 atom stereocenters. The van der Waals surface area contributed by atoms with Crippen molar-refractivity contribution in [3.05, 3.63) is 65.5 Å². The highest BCUT2D eigenvalue weighted by Gasteiger charge is 2.39. The molecule has 26 heavy (non-hydrogen) atoms. The van der Waals surface area contributed by atoms with Crippen LogP contribution in [0.1, 0.15) is 24.0 Å². The van der Waals surface area contributed by atoms with Crippen LogP contribution in [0.3, 0.4) is 0 Å². The minimum Gasteiger partial charge on any atom is -0.486 e. The number of rotatable bonds is 2. The number of fused-ring (bicyclic) bond motifs is 1. The predicted octanol–water partition coefficient (Wildman–Crippen LogP) is 4.11. The lowest BCUT2D eigenvalue weighted by Crippen LogP contribution is -2.52. The maximum Gasteiger partial charge on any atom is 0.124 e. The summed E-state index contributed by atoms with van der Waals surface area (Å²) < 4.78 is 20.2. The first-order chi connectivity index (χ1) is 12.1. The van der Waals surface area contributed by atoms with Crippen LogP contribution in [0.4, 0.5) is 4.39 Å². The van der Waals surface area contributed by atoms with Gasteiger partial charge >= 0.3 is 0 Å². The van der Waals surface area contributed by atoms with E-state index >= 15 is 0 Å². The minimum absolute atomic E-state index is 0. The van der Waals surface area contributed by atoms with Crippen LogP contribution in [0.15, 0.2) is 48.5 Å². The summed E-state index contributed by atoms with van der Waals surface area (Å²) in [7, 11) is 2.17. The number of para-hydroxylation sites is 1. The molecule has 0 radical (unpaired) electrons. The molecule has 0 aromatic heterocycles. The van der Waals surface area contributed by atoms with Crippen molar-refractivity contribution in [2.24, 2.45) is 0 Å². The van der Waals surface area contributed by atoms with Crippen LogP contribution in [-0.2, 0) is 13.1 Å². The zero-order valence-electron chi connectivity index (χ0n) is 15.2. The van der Waals surface area contributed by atoms with Crippen LogP contribution in [0.25, 0.3) is 0 Å². The van der Waals surface area contributed by atoms with E-state index in [-0.39, 0.29) is 23.8 Å². The largest absolute Gasteiger partial charge is 0.486 e. The van der Waals surface area contributed by atoms with E-state index in [2.05, 4.69) is 35.0 Å². The second kappa shape index (κ2) is 7.95. The molecule has 0 saturated carbocycles. The Labute approximate surface area is 161 Å². The maximum atomic E-state index is 13.6. The molecule has 1 spiro atoms. The Morgan fingerprint density at radius 3 is 2.62 bits per heavy atom. The monoisotopic (exact) mass is 376 g/mol. The Hall–Kier alpha value is -1.62. The van der Waals surface area contributed by atoms with Crippen LogP contribution in [0, 0.1) is 5.82 Å². The zero-order valence-corrected chi connectivity index (χ0v) is 16.0. The summed E-state index contributed by atoms with van der Waals surface area (Å²) in [5.41, 5.74) is 2.09. The molecule has 2 heterocycles. The average molecular weight is 377 g/mol. The SMILES string of the molecule is CN1CCC2(CC1)CN(Cc1cccc(F)c1)Cc1ccccc1O2.Cl. The molecular formula is C21H26ClFN2O. The lowest BCUT2D eigenvalue weighted by atomic mass is 9.90. The Morgan fingerprint density at radius 1 is 1.08 bits per heavy atom. The van der Waals surface area contributed by atoms with Crippen LogP contribution < -0.4 is 4.74 Å². The molecule has 0 amide bonds. The standard InChI is InChI=1S/C21H25FN2O.ClH/c1-23-11-9-21(10-12-23)16-24(14-17-5-4-7-19(22)13-17)15-18-6-2-3-8-20(18)25-21;/h2-8,13H,9-12,14-16H2,1H3;1H. The summed E-state index contributed by atoms with van der Waals surface area (Å²) in [6.07, 6.45) is 2.05. The Morgan fingerprint density at radius 2 is 1.85 bits per heavy atom. The summed E-state index contributed by atoms with van der Waals surface area (Å²) >= 11 is 0. The van der Waals surface area contributed by atoms with Crippen molar-refractivity contribution in [2.45, 2.75) is 31.5 Å². The molecule has 4 rings (SSSR count). The molecule has 5 heteroatoms. The van der Waals surface area contributed by atoms with Gasteiger partial charge in [0.15, 0.2) is 0 Å². The molecule has 0 aliphatic carbocycles. The van der Waals surface area contributed by atoms with Gasteiger partial charge in [0.1, 0.15) is 17.2 Å². The van der Waals surface area contributed by atoms with Gasteiger partial charge in [-0.05, 0) is 30.8 Å². The van der Waals surface area contributed by atoms with Crippen molar-refractivity contribution in [1.29, 1.82) is 0 Å². The second-order valence-electron chi connectivity index (χ2n) is 7.47. The van der Waals surface area contributed by atoms with Gasteiger partial charge in [-0.3, -0.25) is 4.90 Å². The maximum absolute atomic E-state index is 13.6. The predicted molar refractivity (Wildman–Crippen MR) is 104 cm³/mol. The Balaban J connectivity index is 0.00000196. The van der Waals surface area contributed by atoms with Crippen molar-refractivity contribution in [3.63, 3.8) is 0 Å². The van der Waals surface area contributed by atoms with Gasteiger partial charge < -0.3 is 9.64 Å². The highest BCUT2D eigenvalue weighted by molar-refractivity contribution is 5.85. The van der Waals surface area contributed by atoms with Crippen LogP contribution in [0.5, 0.6) is 5.75 Å². The highest BCUT2D eigenvalue weighted by Crippen LogP contribution is 2.35. The average Bonchev–Trinajstić information content (AvgIpc) is 2.74. The van der Waals surface area contributed by atoms with Crippen molar-refractivity contribution in [1.82, 2.24) is 9.80 Å². The smallest absolute Gasteiger partial charge is 0.124 e. The number of benzene rings is 2. The van der Waals surface area contributed by atoms with Gasteiger partial charge in [0.2, 0.25) is 0 Å². The number of hydrogen-bond acceptors (Lipinski definition) is 3. The summed E-state index contributed by atoms with van der Waals surface area (Å²) in [5, 5.41) is 0. The summed E-state index contributed by atoms with van der Waals surface area (Å²) in [6, 6.07) is 15.3. The topological polar surface area (TPSA) is 15.7 Å². The Kier molecular flexibility index (Phi) is 5.86. The molecule has 0 N–H and O–H groups in total. The number of ether oxygens (including phenoxy) is 1. The molecule has 0 bridgehead atoms. The first kappa shape index (κ1) is 19.2. The zero-order chi connectivity index (χ0) is 17.3. The van der Waals surface area contributed by atoms with E-state index in [1.807, 2.05) is 12.1 Å². The number of nitrogens with zero attached hydrogens (tertiary/aromatic N) is 2. The lowest BCUT2D eigenvalue weighted by Gasteiger charge is -2.42. The van der Waals surface area contributed by atoms with Crippen molar-refractivity contribution < 1.29 is 9.13 Å². The molecule has 2 aliphatic rings. The third-order valence-corrected chi connectivity index (χ3v) is 5.40. The van der Waals surface area contributed by atoms with Gasteiger partial charge in [-0.15, -0.1) is 12.4 Å². The quantitative estimate of drug-likeness (QED) is 0.784. The molecule has 0 unspecified atom stereocenters. The third-order valence-electron chi connectivity index (χ3n) is 5.40. The number of piperidine rings is 1. The first-order valence-corrected chi connectivity index (χ1v) is 9.04. The van der Waals surface area contributed by atoms with Gasteiger partial charge in [0, 0.05) is 51.1 Å². The van der Waals surface area contributed by atoms with Crippen molar-refractivity contribution >= 4 is 12.4 Å². The van der Waals surface area contributed by atoms with Crippen molar-refractivity contribution in [2.75, 3.05) is 26.7 Å².